The van der Waals surface area contributed by atoms with Crippen LogP contribution in [0.5, 0.6) is 0 Å². The van der Waals surface area contributed by atoms with E-state index in [1.807, 2.05) is 0 Å². The first-order valence-corrected chi connectivity index (χ1v) is 8.94. The number of hydrogen-bond acceptors (Lipinski definition) is 4. The van der Waals surface area contributed by atoms with Crippen LogP contribution in [0.3, 0.4) is 0 Å². The molecule has 118 valence electrons. The molecular formula is C15H25N3O2S. The molecule has 1 fully saturated rings. The Bertz CT molecular complexity index is 606. The number of anilines is 1. The molecular weight excluding hydrogens is 286 g/mol. The Kier molecular flexibility index (Phi) is 4.91. The first-order chi connectivity index (χ1) is 9.85. The molecule has 0 amide bonds. The largest absolute Gasteiger partial charge is 0.398 e. The molecule has 0 radical (unpaired) electrons. The minimum absolute atomic E-state index is 0.0121. The van der Waals surface area contributed by atoms with Crippen molar-refractivity contribution >= 4 is 15.7 Å². The van der Waals surface area contributed by atoms with Gasteiger partial charge in [-0.15, -0.1) is 0 Å². The summed E-state index contributed by atoms with van der Waals surface area (Å²) in [5.74, 6) is 0. The molecule has 6 heteroatoms. The number of nitrogens with two attached hydrogens (primary N) is 1. The van der Waals surface area contributed by atoms with E-state index in [9.17, 15) is 8.42 Å². The highest BCUT2D eigenvalue weighted by molar-refractivity contribution is 7.89. The zero-order chi connectivity index (χ0) is 15.6. The third-order valence-electron chi connectivity index (χ3n) is 4.27. The molecule has 0 saturated carbocycles. The quantitative estimate of drug-likeness (QED) is 0.829. The van der Waals surface area contributed by atoms with E-state index in [-0.39, 0.29) is 6.04 Å². The summed E-state index contributed by atoms with van der Waals surface area (Å²) >= 11 is 0. The topological polar surface area (TPSA) is 75.4 Å². The monoisotopic (exact) mass is 311 g/mol. The molecule has 5 nitrogen and oxygen atoms in total. The second-order valence-electron chi connectivity index (χ2n) is 5.76. The van der Waals surface area contributed by atoms with Crippen LogP contribution < -0.4 is 10.5 Å². The Labute approximate surface area is 127 Å². The molecule has 1 aliphatic rings. The van der Waals surface area contributed by atoms with E-state index in [1.54, 1.807) is 26.0 Å². The lowest BCUT2D eigenvalue weighted by molar-refractivity contribution is 0.217. The SMILES string of the molecule is CCN1CCC(NS(=O)(=O)c2c(C)ccc(N)c2C)CC1. The number of nitrogen functional groups attached to an aromatic ring is 1. The van der Waals surface area contributed by atoms with Gasteiger partial charge in [0, 0.05) is 11.7 Å². The predicted molar refractivity (Wildman–Crippen MR) is 85.8 cm³/mol. The second-order valence-corrected chi connectivity index (χ2v) is 7.41. The molecule has 3 N–H and O–H groups in total. The van der Waals surface area contributed by atoms with Gasteiger partial charge in [0.25, 0.3) is 0 Å². The van der Waals surface area contributed by atoms with Crippen LogP contribution in [0.1, 0.15) is 30.9 Å². The van der Waals surface area contributed by atoms with Gasteiger partial charge < -0.3 is 10.6 Å². The number of sulfonamides is 1. The van der Waals surface area contributed by atoms with Crippen molar-refractivity contribution in [3.05, 3.63) is 23.3 Å². The molecule has 0 bridgehead atoms. The first-order valence-electron chi connectivity index (χ1n) is 7.45. The third-order valence-corrected chi connectivity index (χ3v) is 6.08. The van der Waals surface area contributed by atoms with E-state index in [1.165, 1.54) is 0 Å². The van der Waals surface area contributed by atoms with Crippen LogP contribution in [-0.2, 0) is 10.0 Å². The van der Waals surface area contributed by atoms with Crippen molar-refractivity contribution in [2.45, 2.75) is 44.6 Å². The number of benzene rings is 1. The zero-order valence-electron chi connectivity index (χ0n) is 13.0. The fraction of sp³-hybridized carbons (Fsp3) is 0.600. The third kappa shape index (κ3) is 3.56. The highest BCUT2D eigenvalue weighted by Crippen LogP contribution is 2.25. The first kappa shape index (κ1) is 16.3. The summed E-state index contributed by atoms with van der Waals surface area (Å²) in [5.41, 5.74) is 7.74. The molecule has 1 aromatic rings. The molecule has 0 atom stereocenters. The van der Waals surface area contributed by atoms with Gasteiger partial charge in [0.2, 0.25) is 10.0 Å². The fourth-order valence-corrected chi connectivity index (χ4v) is 4.71. The van der Waals surface area contributed by atoms with E-state index >= 15 is 0 Å². The van der Waals surface area contributed by atoms with Crippen molar-refractivity contribution in [2.75, 3.05) is 25.4 Å². The van der Waals surface area contributed by atoms with Crippen molar-refractivity contribution in [1.82, 2.24) is 9.62 Å². The molecule has 2 rings (SSSR count). The Morgan fingerprint density at radius 3 is 2.48 bits per heavy atom. The van der Waals surface area contributed by atoms with Crippen molar-refractivity contribution in [1.29, 1.82) is 0 Å². The molecule has 1 aliphatic heterocycles. The number of piperidine rings is 1. The number of rotatable bonds is 4. The lowest BCUT2D eigenvalue weighted by Gasteiger charge is -2.31. The number of likely N-dealkylation sites (tertiary alicyclic amines) is 1. The molecule has 1 saturated heterocycles. The van der Waals surface area contributed by atoms with Crippen LogP contribution in [0.2, 0.25) is 0 Å². The maximum Gasteiger partial charge on any atom is 0.241 e. The number of hydrogen-bond donors (Lipinski definition) is 2. The minimum atomic E-state index is -3.52. The zero-order valence-corrected chi connectivity index (χ0v) is 13.8. The number of nitrogens with zero attached hydrogens (tertiary/aromatic N) is 1. The van der Waals surface area contributed by atoms with Crippen LogP contribution in [0, 0.1) is 13.8 Å². The van der Waals surface area contributed by atoms with E-state index in [0.29, 0.717) is 16.1 Å². The molecule has 0 unspecified atom stereocenters. The predicted octanol–water partition coefficient (Wildman–Crippen LogP) is 1.65. The van der Waals surface area contributed by atoms with Gasteiger partial charge in [0.15, 0.2) is 0 Å². The summed E-state index contributed by atoms with van der Waals surface area (Å²) in [6.07, 6.45) is 1.71. The Balaban J connectivity index is 2.18. The maximum atomic E-state index is 12.7. The summed E-state index contributed by atoms with van der Waals surface area (Å²) in [4.78, 5) is 2.67. The fourth-order valence-electron chi connectivity index (χ4n) is 2.90. The summed E-state index contributed by atoms with van der Waals surface area (Å²) in [7, 11) is -3.52. The summed E-state index contributed by atoms with van der Waals surface area (Å²) in [6, 6.07) is 3.53. The van der Waals surface area contributed by atoms with Gasteiger partial charge >= 0.3 is 0 Å². The van der Waals surface area contributed by atoms with Gasteiger partial charge in [-0.05, 0) is 63.5 Å². The summed E-state index contributed by atoms with van der Waals surface area (Å²) in [5, 5.41) is 0. The van der Waals surface area contributed by atoms with E-state index in [2.05, 4.69) is 16.5 Å². The van der Waals surface area contributed by atoms with Crippen LogP contribution in [0.25, 0.3) is 0 Å². The normalized spacial score (nSPS) is 18.0. The standard InChI is InChI=1S/C15H25N3O2S/c1-4-18-9-7-13(8-10-18)17-21(19,20)15-11(2)5-6-14(16)12(15)3/h5-6,13,17H,4,7-10,16H2,1-3H3. The molecule has 1 aromatic carbocycles. The number of aryl methyl sites for hydroxylation is 1. The van der Waals surface area contributed by atoms with E-state index in [0.717, 1.165) is 38.0 Å². The van der Waals surface area contributed by atoms with Crippen molar-refractivity contribution in [3.63, 3.8) is 0 Å². The maximum absolute atomic E-state index is 12.7. The Morgan fingerprint density at radius 2 is 1.90 bits per heavy atom. The van der Waals surface area contributed by atoms with Gasteiger partial charge in [0.1, 0.15) is 0 Å². The van der Waals surface area contributed by atoms with Crippen molar-refractivity contribution in [2.24, 2.45) is 0 Å². The lowest BCUT2D eigenvalue weighted by atomic mass is 10.1. The summed E-state index contributed by atoms with van der Waals surface area (Å²) in [6.45, 7) is 8.60. The summed E-state index contributed by atoms with van der Waals surface area (Å²) < 4.78 is 28.2. The molecule has 0 spiro atoms. The average Bonchev–Trinajstić information content (AvgIpc) is 2.43. The van der Waals surface area contributed by atoms with Gasteiger partial charge in [-0.25, -0.2) is 13.1 Å². The van der Waals surface area contributed by atoms with Crippen LogP contribution in [-0.4, -0.2) is 39.0 Å². The number of nitrogens with one attached hydrogen (secondary N) is 1. The molecule has 0 aromatic heterocycles. The van der Waals surface area contributed by atoms with Crippen LogP contribution in [0.4, 0.5) is 5.69 Å². The van der Waals surface area contributed by atoms with Gasteiger partial charge in [0.05, 0.1) is 4.90 Å². The van der Waals surface area contributed by atoms with Crippen molar-refractivity contribution < 1.29 is 8.42 Å². The minimum Gasteiger partial charge on any atom is -0.398 e. The molecule has 1 heterocycles. The van der Waals surface area contributed by atoms with Gasteiger partial charge in [-0.1, -0.05) is 13.0 Å². The highest BCUT2D eigenvalue weighted by atomic mass is 32.2. The van der Waals surface area contributed by atoms with E-state index < -0.39 is 10.0 Å². The smallest absolute Gasteiger partial charge is 0.241 e. The Hall–Kier alpha value is -1.11. The van der Waals surface area contributed by atoms with Crippen molar-refractivity contribution in [3.8, 4) is 0 Å². The van der Waals surface area contributed by atoms with Gasteiger partial charge in [-0.3, -0.25) is 0 Å². The lowest BCUT2D eigenvalue weighted by Crippen LogP contribution is -2.44. The highest BCUT2D eigenvalue weighted by Gasteiger charge is 2.26. The molecule has 21 heavy (non-hydrogen) atoms. The second kappa shape index (κ2) is 6.34. The molecule has 0 aliphatic carbocycles. The Morgan fingerprint density at radius 1 is 1.29 bits per heavy atom. The van der Waals surface area contributed by atoms with E-state index in [4.69, 9.17) is 5.73 Å². The van der Waals surface area contributed by atoms with Gasteiger partial charge in [-0.2, -0.15) is 0 Å². The van der Waals surface area contributed by atoms with Crippen LogP contribution >= 0.6 is 0 Å². The van der Waals surface area contributed by atoms with Crippen LogP contribution in [0.15, 0.2) is 17.0 Å². The average molecular weight is 311 g/mol.